The lowest BCUT2D eigenvalue weighted by molar-refractivity contribution is 0.275. The second-order valence-corrected chi connectivity index (χ2v) is 4.31. The van der Waals surface area contributed by atoms with Gasteiger partial charge in [-0.1, -0.05) is 18.2 Å². The van der Waals surface area contributed by atoms with Crippen LogP contribution in [0.15, 0.2) is 36.7 Å². The maximum atomic E-state index is 13.2. The van der Waals surface area contributed by atoms with E-state index in [1.165, 1.54) is 6.07 Å². The van der Waals surface area contributed by atoms with E-state index in [0.717, 1.165) is 3.57 Å². The molecule has 0 amide bonds. The molecule has 1 aromatic carbocycles. The van der Waals surface area contributed by atoms with Gasteiger partial charge >= 0.3 is 6.01 Å². The normalized spacial score (nSPS) is 10.1. The maximum Gasteiger partial charge on any atom is 0.316 e. The van der Waals surface area contributed by atoms with Gasteiger partial charge in [-0.15, -0.1) is 0 Å². The predicted octanol–water partition coefficient (Wildman–Crippen LogP) is 2.80. The first-order valence-corrected chi connectivity index (χ1v) is 5.67. The van der Waals surface area contributed by atoms with Gasteiger partial charge in [0.25, 0.3) is 0 Å². The Hall–Kier alpha value is -1.24. The topological polar surface area (TPSA) is 35.0 Å². The van der Waals surface area contributed by atoms with Crippen LogP contribution in [0.2, 0.25) is 0 Å². The van der Waals surface area contributed by atoms with Gasteiger partial charge in [0.15, 0.2) is 0 Å². The first kappa shape index (κ1) is 11.3. The summed E-state index contributed by atoms with van der Waals surface area (Å²) in [6, 6.07) is 6.72. The fourth-order valence-electron chi connectivity index (χ4n) is 1.13. The Balaban J connectivity index is 2.02. The van der Waals surface area contributed by atoms with E-state index in [9.17, 15) is 4.39 Å². The van der Waals surface area contributed by atoms with Crippen LogP contribution in [0.4, 0.5) is 4.39 Å². The lowest BCUT2D eigenvalue weighted by atomic mass is 10.2. The summed E-state index contributed by atoms with van der Waals surface area (Å²) in [5.74, 6) is -0.284. The molecule has 0 unspecified atom stereocenters. The molecular weight excluding hydrogens is 322 g/mol. The Morgan fingerprint density at radius 1 is 1.19 bits per heavy atom. The van der Waals surface area contributed by atoms with E-state index >= 15 is 0 Å². The number of ether oxygens (including phenoxy) is 1. The van der Waals surface area contributed by atoms with Crippen molar-refractivity contribution in [2.24, 2.45) is 0 Å². The Labute approximate surface area is 106 Å². The van der Waals surface area contributed by atoms with E-state index in [-0.39, 0.29) is 18.4 Å². The first-order valence-electron chi connectivity index (χ1n) is 4.59. The van der Waals surface area contributed by atoms with Gasteiger partial charge in [-0.25, -0.2) is 14.4 Å². The van der Waals surface area contributed by atoms with Crippen LogP contribution in [0.5, 0.6) is 6.01 Å². The number of hydrogen-bond acceptors (Lipinski definition) is 3. The summed E-state index contributed by atoms with van der Waals surface area (Å²) >= 11 is 2.10. The Morgan fingerprint density at radius 3 is 2.56 bits per heavy atom. The van der Waals surface area contributed by atoms with Crippen LogP contribution in [-0.4, -0.2) is 9.97 Å². The molecule has 1 heterocycles. The molecule has 1 aromatic heterocycles. The predicted molar refractivity (Wildman–Crippen MR) is 65.5 cm³/mol. The van der Waals surface area contributed by atoms with Crippen LogP contribution >= 0.6 is 22.6 Å². The molecule has 2 aromatic rings. The molecule has 0 bridgehead atoms. The molecule has 0 fully saturated rings. The van der Waals surface area contributed by atoms with Crippen molar-refractivity contribution in [1.29, 1.82) is 0 Å². The van der Waals surface area contributed by atoms with Gasteiger partial charge in [0.05, 0.1) is 0 Å². The summed E-state index contributed by atoms with van der Waals surface area (Å²) in [7, 11) is 0. The number of hydrogen-bond donors (Lipinski definition) is 0. The summed E-state index contributed by atoms with van der Waals surface area (Å²) in [5.41, 5.74) is 0.490. The summed E-state index contributed by atoms with van der Waals surface area (Å²) in [6.07, 6.45) is 3.29. The van der Waals surface area contributed by atoms with Gasteiger partial charge in [-0.2, -0.15) is 0 Å². The monoisotopic (exact) mass is 330 g/mol. The zero-order valence-electron chi connectivity index (χ0n) is 8.23. The molecule has 0 aliphatic rings. The van der Waals surface area contributed by atoms with Crippen LogP contribution in [0.25, 0.3) is 0 Å². The Morgan fingerprint density at radius 2 is 1.88 bits per heavy atom. The molecule has 82 valence electrons. The zero-order chi connectivity index (χ0) is 11.4. The van der Waals surface area contributed by atoms with Gasteiger partial charge in [0.2, 0.25) is 0 Å². The van der Waals surface area contributed by atoms with Crippen molar-refractivity contribution in [2.75, 3.05) is 0 Å². The minimum absolute atomic E-state index is 0.132. The molecule has 0 aliphatic carbocycles. The highest BCUT2D eigenvalue weighted by Gasteiger charge is 2.02. The third-order valence-corrected chi connectivity index (χ3v) is 2.47. The van der Waals surface area contributed by atoms with Crippen molar-refractivity contribution in [3.63, 3.8) is 0 Å². The van der Waals surface area contributed by atoms with Crippen LogP contribution in [0.1, 0.15) is 5.56 Å². The molecule has 0 N–H and O–H groups in total. The molecule has 0 aliphatic heterocycles. The average Bonchev–Trinajstić information content (AvgIpc) is 2.30. The van der Waals surface area contributed by atoms with Crippen molar-refractivity contribution >= 4 is 22.6 Å². The van der Waals surface area contributed by atoms with Crippen LogP contribution < -0.4 is 4.74 Å². The van der Waals surface area contributed by atoms with Gasteiger partial charge in [0, 0.05) is 21.5 Å². The second-order valence-electron chi connectivity index (χ2n) is 3.06. The standard InChI is InChI=1S/C11H8FIN2O/c12-10-4-2-1-3-8(10)7-16-11-14-5-9(13)6-15-11/h1-6H,7H2. The number of benzene rings is 1. The summed E-state index contributed by atoms with van der Waals surface area (Å²) < 4.78 is 19.4. The fraction of sp³-hybridized carbons (Fsp3) is 0.0909. The van der Waals surface area contributed by atoms with Crippen LogP contribution in [0, 0.1) is 9.39 Å². The largest absolute Gasteiger partial charge is 0.458 e. The average molecular weight is 330 g/mol. The highest BCUT2D eigenvalue weighted by Crippen LogP contribution is 2.10. The van der Waals surface area contributed by atoms with Gasteiger partial charge in [-0.05, 0) is 28.7 Å². The number of aromatic nitrogens is 2. The van der Waals surface area contributed by atoms with E-state index in [0.29, 0.717) is 5.56 Å². The quantitative estimate of drug-likeness (QED) is 0.812. The molecular formula is C11H8FIN2O. The Kier molecular flexibility index (Phi) is 3.66. The summed E-state index contributed by atoms with van der Waals surface area (Å²) in [5, 5.41) is 0. The van der Waals surface area contributed by atoms with Crippen LogP contribution in [0.3, 0.4) is 0 Å². The van der Waals surface area contributed by atoms with E-state index in [4.69, 9.17) is 4.74 Å². The zero-order valence-corrected chi connectivity index (χ0v) is 10.4. The van der Waals surface area contributed by atoms with Crippen LogP contribution in [-0.2, 0) is 6.61 Å². The van der Waals surface area contributed by atoms with E-state index < -0.39 is 0 Å². The lowest BCUT2D eigenvalue weighted by Crippen LogP contribution is -2.01. The van der Waals surface area contributed by atoms with E-state index in [1.807, 2.05) is 0 Å². The SMILES string of the molecule is Fc1ccccc1COc1ncc(I)cn1. The van der Waals surface area contributed by atoms with Crippen molar-refractivity contribution in [3.8, 4) is 6.01 Å². The number of nitrogens with zero attached hydrogens (tertiary/aromatic N) is 2. The molecule has 0 radical (unpaired) electrons. The second kappa shape index (κ2) is 5.20. The van der Waals surface area contributed by atoms with Gasteiger partial charge in [-0.3, -0.25) is 0 Å². The third-order valence-electron chi connectivity index (χ3n) is 1.91. The number of rotatable bonds is 3. The van der Waals surface area contributed by atoms with Gasteiger partial charge < -0.3 is 4.74 Å². The summed E-state index contributed by atoms with van der Waals surface area (Å²) in [4.78, 5) is 7.92. The molecule has 0 spiro atoms. The first-order chi connectivity index (χ1) is 7.75. The minimum atomic E-state index is -0.284. The molecule has 16 heavy (non-hydrogen) atoms. The van der Waals surface area contributed by atoms with Crippen molar-refractivity contribution in [3.05, 3.63) is 51.6 Å². The molecule has 0 saturated carbocycles. The van der Waals surface area contributed by atoms with E-state index in [2.05, 4.69) is 32.6 Å². The van der Waals surface area contributed by atoms with Crippen molar-refractivity contribution < 1.29 is 9.13 Å². The Bertz CT molecular complexity index is 476. The fourth-order valence-corrected chi connectivity index (χ4v) is 1.41. The molecule has 2 rings (SSSR count). The molecule has 5 heteroatoms. The third kappa shape index (κ3) is 2.88. The van der Waals surface area contributed by atoms with Crippen molar-refractivity contribution in [2.45, 2.75) is 6.61 Å². The maximum absolute atomic E-state index is 13.2. The minimum Gasteiger partial charge on any atom is -0.458 e. The van der Waals surface area contributed by atoms with Crippen molar-refractivity contribution in [1.82, 2.24) is 9.97 Å². The highest BCUT2D eigenvalue weighted by atomic mass is 127. The van der Waals surface area contributed by atoms with E-state index in [1.54, 1.807) is 30.6 Å². The molecule has 0 saturated heterocycles. The molecule has 0 atom stereocenters. The number of halogens is 2. The van der Waals surface area contributed by atoms with Gasteiger partial charge in [0.1, 0.15) is 12.4 Å². The lowest BCUT2D eigenvalue weighted by Gasteiger charge is -2.04. The molecule has 3 nitrogen and oxygen atoms in total. The summed E-state index contributed by atoms with van der Waals surface area (Å²) in [6.45, 7) is 0.132. The highest BCUT2D eigenvalue weighted by molar-refractivity contribution is 14.1. The smallest absolute Gasteiger partial charge is 0.316 e.